The molecule has 0 amide bonds. The van der Waals surface area contributed by atoms with Crippen molar-refractivity contribution in [2.24, 2.45) is 5.41 Å². The zero-order valence-electron chi connectivity index (χ0n) is 17.9. The van der Waals surface area contributed by atoms with Gasteiger partial charge >= 0.3 is 5.97 Å². The molecule has 1 N–H and O–H groups in total. The highest BCUT2D eigenvalue weighted by molar-refractivity contribution is 5.85. The van der Waals surface area contributed by atoms with Gasteiger partial charge in [-0.3, -0.25) is 9.48 Å². The van der Waals surface area contributed by atoms with Gasteiger partial charge in [0.25, 0.3) is 5.89 Å². The number of aliphatic carboxylic acids is 1. The van der Waals surface area contributed by atoms with E-state index in [1.807, 2.05) is 24.3 Å². The standard InChI is InChI=1S/C23H25N5O3/c1-4-28-18-12-23(2,3)9-7-16(18)20(25-28)22-24-21(26-31-22)15-5-6-17-14(11-15)8-10-27(17)13-19(29)30/h5-6,8,10-11H,4,7,9,12-13H2,1-3H3,(H,29,30). The topological polar surface area (TPSA) is 99.0 Å². The zero-order chi connectivity index (χ0) is 21.8. The lowest BCUT2D eigenvalue weighted by Crippen LogP contribution is -2.24. The molecule has 1 aliphatic carbocycles. The molecular formula is C23H25N5O3. The van der Waals surface area contributed by atoms with Crippen molar-refractivity contribution in [2.75, 3.05) is 0 Å². The normalized spacial score (nSPS) is 15.3. The van der Waals surface area contributed by atoms with Crippen molar-refractivity contribution in [3.05, 3.63) is 41.7 Å². The number of aryl methyl sites for hydroxylation is 1. The van der Waals surface area contributed by atoms with E-state index < -0.39 is 5.97 Å². The minimum atomic E-state index is -0.873. The van der Waals surface area contributed by atoms with Gasteiger partial charge in [-0.1, -0.05) is 19.0 Å². The fraction of sp³-hybridized carbons (Fsp3) is 0.391. The third-order valence-electron chi connectivity index (χ3n) is 6.13. The van der Waals surface area contributed by atoms with E-state index in [4.69, 9.17) is 14.7 Å². The van der Waals surface area contributed by atoms with Crippen LogP contribution in [0.3, 0.4) is 0 Å². The van der Waals surface area contributed by atoms with Gasteiger partial charge in [0.05, 0.1) is 0 Å². The molecule has 3 aromatic heterocycles. The Morgan fingerprint density at radius 3 is 2.90 bits per heavy atom. The number of hydrogen-bond acceptors (Lipinski definition) is 5. The number of fused-ring (bicyclic) bond motifs is 2. The molecule has 0 saturated carbocycles. The van der Waals surface area contributed by atoms with E-state index in [1.54, 1.807) is 10.8 Å². The van der Waals surface area contributed by atoms with E-state index in [0.717, 1.165) is 48.0 Å². The van der Waals surface area contributed by atoms with Crippen molar-refractivity contribution in [1.29, 1.82) is 0 Å². The maximum Gasteiger partial charge on any atom is 0.323 e. The van der Waals surface area contributed by atoms with E-state index in [9.17, 15) is 4.79 Å². The maximum atomic E-state index is 11.0. The van der Waals surface area contributed by atoms with E-state index in [-0.39, 0.29) is 12.0 Å². The third kappa shape index (κ3) is 3.41. The third-order valence-corrected chi connectivity index (χ3v) is 6.13. The summed E-state index contributed by atoms with van der Waals surface area (Å²) >= 11 is 0. The summed E-state index contributed by atoms with van der Waals surface area (Å²) in [5.41, 5.74) is 5.23. The fourth-order valence-corrected chi connectivity index (χ4v) is 4.49. The van der Waals surface area contributed by atoms with Crippen molar-refractivity contribution < 1.29 is 14.4 Å². The summed E-state index contributed by atoms with van der Waals surface area (Å²) in [5.74, 6) is 0.0724. The second kappa shape index (κ2) is 7.08. The first-order chi connectivity index (χ1) is 14.8. The van der Waals surface area contributed by atoms with Crippen LogP contribution in [0.5, 0.6) is 0 Å². The van der Waals surface area contributed by atoms with Crippen LogP contribution < -0.4 is 0 Å². The van der Waals surface area contributed by atoms with Gasteiger partial charge < -0.3 is 14.2 Å². The van der Waals surface area contributed by atoms with Crippen LogP contribution in [0.15, 0.2) is 35.0 Å². The lowest BCUT2D eigenvalue weighted by Gasteiger charge is -2.30. The molecule has 1 aromatic carbocycles. The first-order valence-electron chi connectivity index (χ1n) is 10.6. The molecule has 8 heteroatoms. The molecule has 5 rings (SSSR count). The van der Waals surface area contributed by atoms with Gasteiger partial charge in [-0.15, -0.1) is 0 Å². The highest BCUT2D eigenvalue weighted by Gasteiger charge is 2.32. The van der Waals surface area contributed by atoms with Crippen LogP contribution in [0.25, 0.3) is 33.9 Å². The quantitative estimate of drug-likeness (QED) is 0.521. The SMILES string of the molecule is CCn1nc(-c2nc(-c3ccc4c(ccn4CC(=O)O)c3)no2)c2c1CC(C)(C)CC2. The molecule has 0 atom stereocenters. The van der Waals surface area contributed by atoms with Crippen molar-refractivity contribution in [2.45, 2.75) is 53.1 Å². The monoisotopic (exact) mass is 419 g/mol. The first kappa shape index (κ1) is 19.5. The summed E-state index contributed by atoms with van der Waals surface area (Å²) in [6.07, 6.45) is 4.83. The van der Waals surface area contributed by atoms with Crippen molar-refractivity contribution >= 4 is 16.9 Å². The van der Waals surface area contributed by atoms with E-state index in [2.05, 4.69) is 35.6 Å². The van der Waals surface area contributed by atoms with Gasteiger partial charge in [-0.25, -0.2) is 0 Å². The Kier molecular flexibility index (Phi) is 4.46. The fourth-order valence-electron chi connectivity index (χ4n) is 4.49. The predicted octanol–water partition coefficient (Wildman–Crippen LogP) is 4.17. The highest BCUT2D eigenvalue weighted by Crippen LogP contribution is 2.39. The smallest absolute Gasteiger partial charge is 0.323 e. The summed E-state index contributed by atoms with van der Waals surface area (Å²) in [6, 6.07) is 7.62. The Morgan fingerprint density at radius 2 is 2.13 bits per heavy atom. The lowest BCUT2D eigenvalue weighted by molar-refractivity contribution is -0.137. The maximum absolute atomic E-state index is 11.0. The van der Waals surface area contributed by atoms with Crippen LogP contribution >= 0.6 is 0 Å². The average Bonchev–Trinajstić information content (AvgIpc) is 3.43. The molecule has 0 bridgehead atoms. The molecule has 0 radical (unpaired) electrons. The number of carboxylic acids is 1. The number of carboxylic acid groups (broad SMARTS) is 1. The van der Waals surface area contributed by atoms with Crippen molar-refractivity contribution in [3.63, 3.8) is 0 Å². The van der Waals surface area contributed by atoms with Crippen LogP contribution in [0.2, 0.25) is 0 Å². The minimum absolute atomic E-state index is 0.0722. The molecule has 8 nitrogen and oxygen atoms in total. The van der Waals surface area contributed by atoms with Gasteiger partial charge in [-0.05, 0) is 55.9 Å². The van der Waals surface area contributed by atoms with Crippen LogP contribution in [0.4, 0.5) is 0 Å². The predicted molar refractivity (Wildman–Crippen MR) is 116 cm³/mol. The number of carbonyl (C=O) groups is 1. The largest absolute Gasteiger partial charge is 0.480 e. The summed E-state index contributed by atoms with van der Waals surface area (Å²) in [7, 11) is 0. The Morgan fingerprint density at radius 1 is 1.29 bits per heavy atom. The molecule has 4 aromatic rings. The van der Waals surface area contributed by atoms with Crippen molar-refractivity contribution in [3.8, 4) is 23.0 Å². The van der Waals surface area contributed by atoms with Gasteiger partial charge in [-0.2, -0.15) is 10.1 Å². The number of nitrogens with zero attached hydrogens (tertiary/aromatic N) is 5. The van der Waals surface area contributed by atoms with Gasteiger partial charge in [0.2, 0.25) is 5.82 Å². The van der Waals surface area contributed by atoms with Crippen LogP contribution in [-0.2, 0) is 30.7 Å². The molecule has 0 fully saturated rings. The van der Waals surface area contributed by atoms with E-state index >= 15 is 0 Å². The number of hydrogen-bond donors (Lipinski definition) is 1. The van der Waals surface area contributed by atoms with Crippen LogP contribution in [0, 0.1) is 5.41 Å². The molecule has 1 aliphatic rings. The molecule has 0 unspecified atom stereocenters. The summed E-state index contributed by atoms with van der Waals surface area (Å²) in [4.78, 5) is 15.7. The van der Waals surface area contributed by atoms with Gasteiger partial charge in [0, 0.05) is 40.5 Å². The first-order valence-corrected chi connectivity index (χ1v) is 10.6. The minimum Gasteiger partial charge on any atom is -0.480 e. The molecule has 0 spiro atoms. The van der Waals surface area contributed by atoms with Gasteiger partial charge in [0.15, 0.2) is 5.69 Å². The second-order valence-corrected chi connectivity index (χ2v) is 8.96. The Bertz CT molecular complexity index is 1290. The summed E-state index contributed by atoms with van der Waals surface area (Å²) in [6.45, 7) is 7.44. The Labute approximate surface area is 179 Å². The van der Waals surface area contributed by atoms with Gasteiger partial charge in [0.1, 0.15) is 6.54 Å². The molecule has 31 heavy (non-hydrogen) atoms. The Hall–Kier alpha value is -3.42. The summed E-state index contributed by atoms with van der Waals surface area (Å²) < 4.78 is 9.40. The zero-order valence-corrected chi connectivity index (χ0v) is 17.9. The molecular weight excluding hydrogens is 394 g/mol. The molecule has 3 heterocycles. The van der Waals surface area contributed by atoms with E-state index in [0.29, 0.717) is 11.7 Å². The molecule has 0 saturated heterocycles. The second-order valence-electron chi connectivity index (χ2n) is 8.96. The highest BCUT2D eigenvalue weighted by atomic mass is 16.5. The van der Waals surface area contributed by atoms with E-state index in [1.165, 1.54) is 11.3 Å². The molecule has 160 valence electrons. The van der Waals surface area contributed by atoms with Crippen molar-refractivity contribution in [1.82, 2.24) is 24.5 Å². The van der Waals surface area contributed by atoms with Crippen LogP contribution in [-0.4, -0.2) is 35.6 Å². The lowest BCUT2D eigenvalue weighted by atomic mass is 9.76. The molecule has 0 aliphatic heterocycles. The average molecular weight is 419 g/mol. The van der Waals surface area contributed by atoms with Crippen LogP contribution in [0.1, 0.15) is 38.4 Å². The number of rotatable bonds is 5. The number of aromatic nitrogens is 5. The number of benzene rings is 1. The Balaban J connectivity index is 1.50. The summed E-state index contributed by atoms with van der Waals surface area (Å²) in [5, 5.41) is 19.0.